The largest absolute Gasteiger partial charge is 0.387 e. The number of unbranched alkanes of at least 4 members (excludes halogenated alkanes) is 2. The van der Waals surface area contributed by atoms with E-state index in [9.17, 15) is 5.11 Å². The summed E-state index contributed by atoms with van der Waals surface area (Å²) in [5, 5.41) is 10.0. The Labute approximate surface area is 103 Å². The first kappa shape index (κ1) is 14.9. The molecule has 0 aromatic rings. The average Bonchev–Trinajstić information content (AvgIpc) is 2.33. The van der Waals surface area contributed by atoms with E-state index in [4.69, 9.17) is 19.9 Å². The number of hydrogen-bond acceptors (Lipinski definition) is 5. The van der Waals surface area contributed by atoms with Gasteiger partial charge in [-0.2, -0.15) is 0 Å². The molecule has 0 bridgehead atoms. The number of aliphatic hydroxyl groups excluding tert-OH is 1. The normalized spacial score (nSPS) is 33.9. The van der Waals surface area contributed by atoms with Crippen molar-refractivity contribution in [3.63, 3.8) is 0 Å². The van der Waals surface area contributed by atoms with Crippen LogP contribution in [0, 0.1) is 6.61 Å². The maximum absolute atomic E-state index is 10.0. The van der Waals surface area contributed by atoms with Gasteiger partial charge in [-0.15, -0.1) is 0 Å². The van der Waals surface area contributed by atoms with Crippen molar-refractivity contribution in [2.45, 2.75) is 50.6 Å². The molecule has 0 saturated carbocycles. The Bertz CT molecular complexity index is 203. The number of hydrogen-bond donors (Lipinski definition) is 2. The van der Waals surface area contributed by atoms with Gasteiger partial charge >= 0.3 is 0 Å². The molecule has 0 aromatic carbocycles. The van der Waals surface area contributed by atoms with Crippen LogP contribution in [-0.4, -0.2) is 49.8 Å². The van der Waals surface area contributed by atoms with Gasteiger partial charge in [0, 0.05) is 13.7 Å². The van der Waals surface area contributed by atoms with Gasteiger partial charge in [0.05, 0.1) is 6.10 Å². The second-order valence-corrected chi connectivity index (χ2v) is 4.35. The summed E-state index contributed by atoms with van der Waals surface area (Å²) < 4.78 is 16.2. The van der Waals surface area contributed by atoms with Crippen LogP contribution in [0.4, 0.5) is 0 Å². The molecule has 5 nitrogen and oxygen atoms in total. The molecule has 1 aliphatic heterocycles. The average molecular weight is 246 g/mol. The zero-order chi connectivity index (χ0) is 12.7. The second kappa shape index (κ2) is 8.00. The number of methoxy groups -OCH3 is 1. The van der Waals surface area contributed by atoms with Crippen LogP contribution in [0.25, 0.3) is 0 Å². The monoisotopic (exact) mass is 246 g/mol. The highest BCUT2D eigenvalue weighted by Crippen LogP contribution is 2.22. The Morgan fingerprint density at radius 1 is 1.35 bits per heavy atom. The minimum absolute atomic E-state index is 0.147. The third kappa shape index (κ3) is 4.52. The fourth-order valence-corrected chi connectivity index (χ4v) is 1.90. The lowest BCUT2D eigenvalue weighted by Gasteiger charge is -2.37. The molecule has 0 amide bonds. The van der Waals surface area contributed by atoms with E-state index in [0.717, 1.165) is 19.3 Å². The van der Waals surface area contributed by atoms with E-state index in [0.29, 0.717) is 13.2 Å². The molecular formula is C12H24NO4. The third-order valence-corrected chi connectivity index (χ3v) is 2.99. The lowest BCUT2D eigenvalue weighted by molar-refractivity contribution is -0.183. The molecule has 1 heterocycles. The first-order valence-electron chi connectivity index (χ1n) is 6.22. The maximum atomic E-state index is 10.0. The predicted molar refractivity (Wildman–Crippen MR) is 64.3 cm³/mol. The highest BCUT2D eigenvalue weighted by Gasteiger charge is 2.38. The molecular weight excluding hydrogens is 222 g/mol. The Balaban J connectivity index is 2.28. The summed E-state index contributed by atoms with van der Waals surface area (Å²) in [6, 6.07) is 0. The Morgan fingerprint density at radius 3 is 2.76 bits per heavy atom. The van der Waals surface area contributed by atoms with Gasteiger partial charge in [-0.1, -0.05) is 0 Å². The summed E-state index contributed by atoms with van der Waals surface area (Å²) in [5.74, 6) is 0. The van der Waals surface area contributed by atoms with Crippen molar-refractivity contribution >= 4 is 0 Å². The van der Waals surface area contributed by atoms with Crippen molar-refractivity contribution in [3.8, 4) is 0 Å². The molecule has 17 heavy (non-hydrogen) atoms. The first-order valence-corrected chi connectivity index (χ1v) is 6.22. The van der Waals surface area contributed by atoms with Crippen LogP contribution in [0.5, 0.6) is 0 Å². The molecule has 101 valence electrons. The SMILES string of the molecule is CO[C@@H]1[CH]O[C@H](C)[C@@H](OCCCCCN)[C@@H]1O. The molecule has 1 rings (SSSR count). The molecule has 0 unspecified atom stereocenters. The van der Waals surface area contributed by atoms with Crippen LogP contribution in [0.2, 0.25) is 0 Å². The van der Waals surface area contributed by atoms with Gasteiger partial charge in [-0.05, 0) is 32.7 Å². The fourth-order valence-electron chi connectivity index (χ4n) is 1.90. The van der Waals surface area contributed by atoms with E-state index >= 15 is 0 Å². The van der Waals surface area contributed by atoms with Crippen molar-refractivity contribution in [2.24, 2.45) is 5.73 Å². The number of aliphatic hydroxyl groups is 1. The van der Waals surface area contributed by atoms with Crippen molar-refractivity contribution < 1.29 is 19.3 Å². The van der Waals surface area contributed by atoms with E-state index in [1.807, 2.05) is 6.92 Å². The van der Waals surface area contributed by atoms with Gasteiger partial charge in [0.25, 0.3) is 0 Å². The zero-order valence-electron chi connectivity index (χ0n) is 10.7. The van der Waals surface area contributed by atoms with E-state index in [-0.39, 0.29) is 12.2 Å². The summed E-state index contributed by atoms with van der Waals surface area (Å²) in [5.41, 5.74) is 5.41. The smallest absolute Gasteiger partial charge is 0.116 e. The minimum atomic E-state index is -0.668. The Hall–Kier alpha value is -0.200. The van der Waals surface area contributed by atoms with Crippen molar-refractivity contribution in [2.75, 3.05) is 20.3 Å². The summed E-state index contributed by atoms with van der Waals surface area (Å²) in [6.07, 6.45) is 1.45. The van der Waals surface area contributed by atoms with Crippen molar-refractivity contribution in [1.29, 1.82) is 0 Å². The van der Waals surface area contributed by atoms with Crippen LogP contribution < -0.4 is 5.73 Å². The highest BCUT2D eigenvalue weighted by molar-refractivity contribution is 4.92. The van der Waals surface area contributed by atoms with Gasteiger partial charge in [0.15, 0.2) is 0 Å². The van der Waals surface area contributed by atoms with E-state index < -0.39 is 12.2 Å². The molecule has 1 radical (unpaired) electrons. The fraction of sp³-hybridized carbons (Fsp3) is 0.917. The maximum Gasteiger partial charge on any atom is 0.116 e. The van der Waals surface area contributed by atoms with E-state index in [1.165, 1.54) is 6.61 Å². The lowest BCUT2D eigenvalue weighted by Crippen LogP contribution is -2.51. The van der Waals surface area contributed by atoms with E-state index in [2.05, 4.69) is 0 Å². The Morgan fingerprint density at radius 2 is 2.12 bits per heavy atom. The zero-order valence-corrected chi connectivity index (χ0v) is 10.7. The summed E-state index contributed by atoms with van der Waals surface area (Å²) in [4.78, 5) is 0. The first-order chi connectivity index (χ1) is 8.20. The molecule has 3 N–H and O–H groups in total. The Kier molecular flexibility index (Phi) is 6.99. The third-order valence-electron chi connectivity index (χ3n) is 2.99. The van der Waals surface area contributed by atoms with Gasteiger partial charge in [0.2, 0.25) is 0 Å². The topological polar surface area (TPSA) is 73.9 Å². The van der Waals surface area contributed by atoms with Crippen LogP contribution in [-0.2, 0) is 14.2 Å². The number of nitrogens with two attached hydrogens (primary N) is 1. The molecule has 0 aromatic heterocycles. The lowest BCUT2D eigenvalue weighted by atomic mass is 10.0. The summed E-state index contributed by atoms with van der Waals surface area (Å²) in [6.45, 7) is 4.75. The van der Waals surface area contributed by atoms with Gasteiger partial charge in [0.1, 0.15) is 24.9 Å². The van der Waals surface area contributed by atoms with Crippen LogP contribution in [0.1, 0.15) is 26.2 Å². The second-order valence-electron chi connectivity index (χ2n) is 4.35. The van der Waals surface area contributed by atoms with Crippen LogP contribution in [0.15, 0.2) is 0 Å². The standard InChI is InChI=1S/C12H24NO4/c1-9-12(16-7-5-3-4-6-13)11(14)10(15-2)8-17-9/h8-12,14H,3-7,13H2,1-2H3/t9-,10-,11-,12-/m1/s1. The molecule has 0 spiro atoms. The molecule has 1 aliphatic rings. The molecule has 4 atom stereocenters. The van der Waals surface area contributed by atoms with Gasteiger partial charge in [-0.3, -0.25) is 0 Å². The van der Waals surface area contributed by atoms with Crippen LogP contribution in [0.3, 0.4) is 0 Å². The predicted octanol–water partition coefficient (Wildman–Crippen LogP) is 0.457. The summed E-state index contributed by atoms with van der Waals surface area (Å²) in [7, 11) is 1.54. The molecule has 1 fully saturated rings. The van der Waals surface area contributed by atoms with E-state index in [1.54, 1.807) is 7.11 Å². The summed E-state index contributed by atoms with van der Waals surface area (Å²) >= 11 is 0. The quantitative estimate of drug-likeness (QED) is 0.638. The van der Waals surface area contributed by atoms with Crippen molar-refractivity contribution in [3.05, 3.63) is 6.61 Å². The highest BCUT2D eigenvalue weighted by atomic mass is 16.6. The minimum Gasteiger partial charge on any atom is -0.387 e. The number of rotatable bonds is 7. The molecule has 5 heteroatoms. The van der Waals surface area contributed by atoms with Gasteiger partial charge in [-0.25, -0.2) is 0 Å². The molecule has 0 aliphatic carbocycles. The molecule has 1 saturated heterocycles. The van der Waals surface area contributed by atoms with Crippen LogP contribution >= 0.6 is 0 Å². The van der Waals surface area contributed by atoms with Crippen molar-refractivity contribution in [1.82, 2.24) is 0 Å². The van der Waals surface area contributed by atoms with Gasteiger partial charge < -0.3 is 25.1 Å². The number of ether oxygens (including phenoxy) is 3.